The van der Waals surface area contributed by atoms with E-state index < -0.39 is 6.10 Å². The molecule has 1 unspecified atom stereocenters. The molecule has 0 fully saturated rings. The van der Waals surface area contributed by atoms with Gasteiger partial charge < -0.3 is 14.2 Å². The zero-order chi connectivity index (χ0) is 59.9. The summed E-state index contributed by atoms with van der Waals surface area (Å²) in [5, 5.41) is 0. The van der Waals surface area contributed by atoms with Crippen LogP contribution in [-0.2, 0) is 28.6 Å². The first kappa shape index (κ1) is 79.6. The van der Waals surface area contributed by atoms with E-state index in [4.69, 9.17) is 14.2 Å². The van der Waals surface area contributed by atoms with E-state index in [0.29, 0.717) is 19.3 Å². The summed E-state index contributed by atoms with van der Waals surface area (Å²) in [6, 6.07) is 0. The Morgan fingerprint density at radius 1 is 0.253 bits per heavy atom. The molecule has 0 saturated heterocycles. The SMILES string of the molecule is CC/C=C\C/C=C\C/C=C\C/C=C\C/C=C\CCCCCCCCCCCCCCCCCCCC(=O)OCC(COC(=O)CCCCCCCCC)OC(=O)CCCCCCCCCCCCCCC/C=C\C/C=C\CCCCCCC. The van der Waals surface area contributed by atoms with E-state index in [0.717, 1.165) is 96.3 Å². The van der Waals surface area contributed by atoms with Crippen molar-refractivity contribution in [2.45, 2.75) is 374 Å². The molecular weight excluding hydrogens is 1020 g/mol. The Morgan fingerprint density at radius 2 is 0.470 bits per heavy atom. The van der Waals surface area contributed by atoms with Crippen molar-refractivity contribution in [1.29, 1.82) is 0 Å². The average Bonchev–Trinajstić information content (AvgIpc) is 3.50. The van der Waals surface area contributed by atoms with Crippen molar-refractivity contribution >= 4 is 17.9 Å². The molecule has 0 radical (unpaired) electrons. The summed E-state index contributed by atoms with van der Waals surface area (Å²) in [5.74, 6) is -0.859. The summed E-state index contributed by atoms with van der Waals surface area (Å²) in [5.41, 5.74) is 0. The molecule has 0 aromatic carbocycles. The molecule has 0 N–H and O–H groups in total. The molecule has 0 spiro atoms. The minimum Gasteiger partial charge on any atom is -0.462 e. The van der Waals surface area contributed by atoms with Gasteiger partial charge in [-0.3, -0.25) is 14.4 Å². The van der Waals surface area contributed by atoms with E-state index in [2.05, 4.69) is 106 Å². The first-order chi connectivity index (χ1) is 41.0. The second-order valence-corrected chi connectivity index (χ2v) is 24.1. The lowest BCUT2D eigenvalue weighted by Crippen LogP contribution is -2.30. The Morgan fingerprint density at radius 3 is 0.735 bits per heavy atom. The Balaban J connectivity index is 4.02. The summed E-state index contributed by atoms with van der Waals surface area (Å²) in [6.45, 7) is 6.52. The van der Waals surface area contributed by atoms with Gasteiger partial charge in [-0.1, -0.05) is 337 Å². The van der Waals surface area contributed by atoms with Crippen LogP contribution < -0.4 is 0 Å². The molecule has 6 heteroatoms. The number of carbonyl (C=O) groups excluding carboxylic acids is 3. The number of esters is 3. The monoisotopic (exact) mass is 1160 g/mol. The van der Waals surface area contributed by atoms with Crippen LogP contribution in [0.25, 0.3) is 0 Å². The second kappa shape index (κ2) is 71.1. The van der Waals surface area contributed by atoms with Gasteiger partial charge in [-0.05, 0) is 96.3 Å². The van der Waals surface area contributed by atoms with Gasteiger partial charge in [0, 0.05) is 19.3 Å². The summed E-state index contributed by atoms with van der Waals surface area (Å²) >= 11 is 0. The number of allylic oxidation sites excluding steroid dienone is 14. The van der Waals surface area contributed by atoms with Crippen LogP contribution in [-0.4, -0.2) is 37.2 Å². The van der Waals surface area contributed by atoms with Gasteiger partial charge in [-0.15, -0.1) is 0 Å². The largest absolute Gasteiger partial charge is 0.462 e. The van der Waals surface area contributed by atoms with Crippen LogP contribution in [0.4, 0.5) is 0 Å². The fourth-order valence-electron chi connectivity index (χ4n) is 10.5. The third-order valence-corrected chi connectivity index (χ3v) is 15.9. The van der Waals surface area contributed by atoms with E-state index in [1.807, 2.05) is 0 Å². The molecule has 0 aromatic rings. The van der Waals surface area contributed by atoms with Gasteiger partial charge in [0.15, 0.2) is 6.10 Å². The maximum atomic E-state index is 12.9. The van der Waals surface area contributed by atoms with E-state index in [1.165, 1.54) is 231 Å². The van der Waals surface area contributed by atoms with Gasteiger partial charge in [0.05, 0.1) is 0 Å². The lowest BCUT2D eigenvalue weighted by molar-refractivity contribution is -0.167. The second-order valence-electron chi connectivity index (χ2n) is 24.1. The smallest absolute Gasteiger partial charge is 0.306 e. The van der Waals surface area contributed by atoms with Gasteiger partial charge in [0.25, 0.3) is 0 Å². The minimum absolute atomic E-state index is 0.0714. The van der Waals surface area contributed by atoms with Crippen molar-refractivity contribution in [1.82, 2.24) is 0 Å². The number of hydrogen-bond acceptors (Lipinski definition) is 6. The van der Waals surface area contributed by atoms with Gasteiger partial charge in [-0.2, -0.15) is 0 Å². The zero-order valence-electron chi connectivity index (χ0n) is 55.2. The molecule has 0 rings (SSSR count). The van der Waals surface area contributed by atoms with Gasteiger partial charge in [0.2, 0.25) is 0 Å². The fourth-order valence-corrected chi connectivity index (χ4v) is 10.5. The number of rotatable bonds is 66. The molecular formula is C77H136O6. The fraction of sp³-hybridized carbons (Fsp3) is 0.779. The first-order valence-corrected chi connectivity index (χ1v) is 36.1. The standard InChI is InChI=1S/C77H136O6/c1-4-7-10-13-16-18-20-22-24-26-28-30-32-34-35-36-37-38-39-40-41-43-44-46-48-50-52-54-56-58-61-64-67-70-76(79)82-73-74(72-81-75(78)69-66-63-60-15-12-9-6-3)83-77(80)71-68-65-62-59-57-55-53-51-49-47-45-42-33-31-29-27-25-23-21-19-17-14-11-8-5-2/h7,10,16,18,21-24,27-30,34-35,74H,4-6,8-9,11-15,17,19-20,25-26,31-33,36-73H2,1-3H3/b10-7-,18-16-,23-21-,24-22-,29-27-,30-28-,35-34-. The molecule has 6 nitrogen and oxygen atoms in total. The van der Waals surface area contributed by atoms with Crippen molar-refractivity contribution in [3.05, 3.63) is 85.1 Å². The van der Waals surface area contributed by atoms with Crippen molar-refractivity contribution in [3.8, 4) is 0 Å². The number of carbonyl (C=O) groups is 3. The normalized spacial score (nSPS) is 12.6. The van der Waals surface area contributed by atoms with Crippen molar-refractivity contribution in [3.63, 3.8) is 0 Å². The van der Waals surface area contributed by atoms with Crippen LogP contribution in [0.5, 0.6) is 0 Å². The van der Waals surface area contributed by atoms with Gasteiger partial charge >= 0.3 is 17.9 Å². The lowest BCUT2D eigenvalue weighted by atomic mass is 10.0. The molecule has 1 atom stereocenters. The average molecular weight is 1160 g/mol. The van der Waals surface area contributed by atoms with Crippen molar-refractivity contribution in [2.24, 2.45) is 0 Å². The maximum Gasteiger partial charge on any atom is 0.306 e. The zero-order valence-corrected chi connectivity index (χ0v) is 55.2. The number of unbranched alkanes of at least 4 members (excludes halogenated alkanes) is 41. The topological polar surface area (TPSA) is 78.9 Å². The summed E-state index contributed by atoms with van der Waals surface area (Å²) in [4.78, 5) is 38.2. The first-order valence-electron chi connectivity index (χ1n) is 36.1. The molecule has 0 aliphatic heterocycles. The van der Waals surface area contributed by atoms with E-state index >= 15 is 0 Å². The van der Waals surface area contributed by atoms with E-state index in [1.54, 1.807) is 0 Å². The third kappa shape index (κ3) is 69.3. The quantitative estimate of drug-likeness (QED) is 0.0261. The Labute approximate surface area is 515 Å². The predicted octanol–water partition coefficient (Wildman–Crippen LogP) is 25.0. The van der Waals surface area contributed by atoms with E-state index in [9.17, 15) is 14.4 Å². The van der Waals surface area contributed by atoms with Crippen molar-refractivity contribution in [2.75, 3.05) is 13.2 Å². The van der Waals surface area contributed by atoms with Crippen LogP contribution in [0.2, 0.25) is 0 Å². The molecule has 0 saturated carbocycles. The molecule has 0 aromatic heterocycles. The maximum absolute atomic E-state index is 12.9. The van der Waals surface area contributed by atoms with E-state index in [-0.39, 0.29) is 31.1 Å². The number of hydrogen-bond donors (Lipinski definition) is 0. The highest BCUT2D eigenvalue weighted by Gasteiger charge is 2.19. The van der Waals surface area contributed by atoms with Crippen LogP contribution in [0.1, 0.15) is 367 Å². The highest BCUT2D eigenvalue weighted by atomic mass is 16.6. The molecule has 0 aliphatic carbocycles. The predicted molar refractivity (Wildman–Crippen MR) is 362 cm³/mol. The highest BCUT2D eigenvalue weighted by molar-refractivity contribution is 5.71. The molecule has 0 aliphatic rings. The van der Waals surface area contributed by atoms with Crippen LogP contribution in [0, 0.1) is 0 Å². The highest BCUT2D eigenvalue weighted by Crippen LogP contribution is 2.18. The Hall–Kier alpha value is -3.41. The molecule has 83 heavy (non-hydrogen) atoms. The van der Waals surface area contributed by atoms with Crippen LogP contribution >= 0.6 is 0 Å². The molecule has 0 amide bonds. The molecule has 0 bridgehead atoms. The van der Waals surface area contributed by atoms with Gasteiger partial charge in [-0.25, -0.2) is 0 Å². The van der Waals surface area contributed by atoms with Crippen LogP contribution in [0.3, 0.4) is 0 Å². The Bertz CT molecular complexity index is 1570. The summed E-state index contributed by atoms with van der Waals surface area (Å²) in [7, 11) is 0. The van der Waals surface area contributed by atoms with Gasteiger partial charge in [0.1, 0.15) is 13.2 Å². The summed E-state index contributed by atoms with van der Waals surface area (Å²) in [6.07, 6.45) is 95.1. The summed E-state index contributed by atoms with van der Waals surface area (Å²) < 4.78 is 16.9. The lowest BCUT2D eigenvalue weighted by Gasteiger charge is -2.18. The minimum atomic E-state index is -0.773. The molecule has 0 heterocycles. The number of ether oxygens (including phenoxy) is 3. The van der Waals surface area contributed by atoms with Crippen molar-refractivity contribution < 1.29 is 28.6 Å². The third-order valence-electron chi connectivity index (χ3n) is 15.9. The van der Waals surface area contributed by atoms with Crippen LogP contribution in [0.15, 0.2) is 85.1 Å². The Kier molecular flexibility index (Phi) is 68.2. The molecule has 480 valence electrons.